The number of rotatable bonds is 5. The largest absolute Gasteiger partial charge is 0.394 e. The highest BCUT2D eigenvalue weighted by atomic mass is 16.6. The zero-order valence-electron chi connectivity index (χ0n) is 11.1. The molecule has 1 aromatic rings. The van der Waals surface area contributed by atoms with Gasteiger partial charge in [0.15, 0.2) is 0 Å². The first-order valence-corrected chi connectivity index (χ1v) is 6.26. The Morgan fingerprint density at radius 2 is 2.10 bits per heavy atom. The lowest BCUT2D eigenvalue weighted by atomic mass is 9.91. The van der Waals surface area contributed by atoms with E-state index in [4.69, 9.17) is 4.74 Å². The zero-order chi connectivity index (χ0) is 14.6. The van der Waals surface area contributed by atoms with E-state index >= 15 is 0 Å². The van der Waals surface area contributed by atoms with Crippen LogP contribution in [0, 0.1) is 10.1 Å². The molecule has 0 spiro atoms. The fourth-order valence-corrected chi connectivity index (χ4v) is 2.16. The summed E-state index contributed by atoms with van der Waals surface area (Å²) in [6.07, 6.45) is 2.35. The average Bonchev–Trinajstić information content (AvgIpc) is 2.47. The molecule has 0 unspecified atom stereocenters. The van der Waals surface area contributed by atoms with Crippen molar-refractivity contribution < 1.29 is 14.8 Å². The summed E-state index contributed by atoms with van der Waals surface area (Å²) in [5.74, 6) is 0.234. The molecule has 1 aromatic heterocycles. The summed E-state index contributed by atoms with van der Waals surface area (Å²) < 4.78 is 5.26. The van der Waals surface area contributed by atoms with Crippen molar-refractivity contribution in [2.75, 3.05) is 37.5 Å². The fourth-order valence-electron chi connectivity index (χ4n) is 2.16. The quantitative estimate of drug-likeness (QED) is 0.523. The number of hydrogen-bond acceptors (Lipinski definition) is 8. The molecule has 9 nitrogen and oxygen atoms in total. The fraction of sp³-hybridized carbons (Fsp3) is 0.636. The van der Waals surface area contributed by atoms with Gasteiger partial charge < -0.3 is 20.5 Å². The highest BCUT2D eigenvalue weighted by molar-refractivity contribution is 5.69. The van der Waals surface area contributed by atoms with E-state index in [0.29, 0.717) is 26.1 Å². The van der Waals surface area contributed by atoms with Crippen molar-refractivity contribution in [2.24, 2.45) is 0 Å². The maximum Gasteiger partial charge on any atom is 0.353 e. The molecule has 1 saturated heterocycles. The number of nitrogens with one attached hydrogen (secondary N) is 2. The summed E-state index contributed by atoms with van der Waals surface area (Å²) in [6, 6.07) is 0. The van der Waals surface area contributed by atoms with E-state index in [1.807, 2.05) is 0 Å². The second-order valence-electron chi connectivity index (χ2n) is 4.60. The molecule has 0 bridgehead atoms. The molecule has 1 fully saturated rings. The molecular formula is C11H17N5O4. The molecule has 9 heteroatoms. The molecule has 3 N–H and O–H groups in total. The normalized spacial score (nSPS) is 17.5. The molecule has 0 atom stereocenters. The second kappa shape index (κ2) is 5.97. The molecule has 110 valence electrons. The molecule has 0 aliphatic carbocycles. The zero-order valence-corrected chi connectivity index (χ0v) is 11.1. The molecule has 20 heavy (non-hydrogen) atoms. The van der Waals surface area contributed by atoms with E-state index in [1.54, 1.807) is 7.05 Å². The van der Waals surface area contributed by atoms with Crippen molar-refractivity contribution in [1.29, 1.82) is 0 Å². The highest BCUT2D eigenvalue weighted by Gasteiger charge is 2.35. The molecule has 0 aromatic carbocycles. The summed E-state index contributed by atoms with van der Waals surface area (Å²) in [4.78, 5) is 18.4. The standard InChI is InChI=1S/C11H17N5O4/c1-12-9-8(16(18)19)10(14-7-13-9)15-11(6-17)2-4-20-5-3-11/h7,17H,2-6H2,1H3,(H2,12,13,14,15). The Morgan fingerprint density at radius 3 is 2.65 bits per heavy atom. The van der Waals surface area contributed by atoms with Crippen LogP contribution in [0.15, 0.2) is 6.33 Å². The van der Waals surface area contributed by atoms with E-state index in [2.05, 4.69) is 20.6 Å². The van der Waals surface area contributed by atoms with E-state index in [0.717, 1.165) is 0 Å². The van der Waals surface area contributed by atoms with Crippen LogP contribution in [0.2, 0.25) is 0 Å². The van der Waals surface area contributed by atoms with Crippen LogP contribution in [0.25, 0.3) is 0 Å². The van der Waals surface area contributed by atoms with E-state index in [9.17, 15) is 15.2 Å². The number of aliphatic hydroxyl groups is 1. The van der Waals surface area contributed by atoms with Crippen LogP contribution in [-0.4, -0.2) is 52.4 Å². The summed E-state index contributed by atoms with van der Waals surface area (Å²) in [5, 5.41) is 26.5. The predicted molar refractivity (Wildman–Crippen MR) is 71.7 cm³/mol. The topological polar surface area (TPSA) is 122 Å². The number of aliphatic hydroxyl groups excluding tert-OH is 1. The lowest BCUT2D eigenvalue weighted by Crippen LogP contribution is -2.47. The molecule has 0 radical (unpaired) electrons. The Labute approximate surface area is 115 Å². The molecular weight excluding hydrogens is 266 g/mol. The number of nitrogens with zero attached hydrogens (tertiary/aromatic N) is 3. The predicted octanol–water partition coefficient (Wildman–Crippen LogP) is 0.380. The van der Waals surface area contributed by atoms with Gasteiger partial charge in [-0.05, 0) is 12.8 Å². The monoisotopic (exact) mass is 283 g/mol. The minimum absolute atomic E-state index is 0.102. The van der Waals surface area contributed by atoms with Gasteiger partial charge in [-0.1, -0.05) is 0 Å². The van der Waals surface area contributed by atoms with Crippen molar-refractivity contribution in [2.45, 2.75) is 18.4 Å². The van der Waals surface area contributed by atoms with E-state index < -0.39 is 10.5 Å². The van der Waals surface area contributed by atoms with Gasteiger partial charge in [0, 0.05) is 20.3 Å². The minimum atomic E-state index is -0.650. The third-order valence-electron chi connectivity index (χ3n) is 3.38. The third kappa shape index (κ3) is 2.78. The SMILES string of the molecule is CNc1ncnc(NC2(CO)CCOCC2)c1[N+](=O)[O-]. The van der Waals surface area contributed by atoms with Crippen molar-refractivity contribution in [1.82, 2.24) is 9.97 Å². The van der Waals surface area contributed by atoms with Crippen LogP contribution in [-0.2, 0) is 4.74 Å². The first-order chi connectivity index (χ1) is 9.62. The molecule has 0 saturated carbocycles. The van der Waals surface area contributed by atoms with Gasteiger partial charge >= 0.3 is 5.69 Å². The molecule has 2 rings (SSSR count). The lowest BCUT2D eigenvalue weighted by molar-refractivity contribution is -0.383. The first-order valence-electron chi connectivity index (χ1n) is 6.26. The molecule has 1 aliphatic heterocycles. The number of aromatic nitrogens is 2. The average molecular weight is 283 g/mol. The van der Waals surface area contributed by atoms with Crippen molar-refractivity contribution >= 4 is 17.3 Å². The number of anilines is 2. The summed E-state index contributed by atoms with van der Waals surface area (Å²) in [5.41, 5.74) is -0.878. The van der Waals surface area contributed by atoms with E-state index in [-0.39, 0.29) is 23.9 Å². The Kier molecular flexibility index (Phi) is 4.30. The van der Waals surface area contributed by atoms with Crippen molar-refractivity contribution in [3.63, 3.8) is 0 Å². The smallest absolute Gasteiger partial charge is 0.353 e. The third-order valence-corrected chi connectivity index (χ3v) is 3.38. The maximum absolute atomic E-state index is 11.2. The summed E-state index contributed by atoms with van der Waals surface area (Å²) in [6.45, 7) is 0.836. The highest BCUT2D eigenvalue weighted by Crippen LogP contribution is 2.33. The minimum Gasteiger partial charge on any atom is -0.394 e. The van der Waals surface area contributed by atoms with Crippen LogP contribution < -0.4 is 10.6 Å². The molecule has 2 heterocycles. The Balaban J connectivity index is 2.34. The molecule has 1 aliphatic rings. The van der Waals surface area contributed by atoms with Crippen molar-refractivity contribution in [3.8, 4) is 0 Å². The first kappa shape index (κ1) is 14.4. The maximum atomic E-state index is 11.2. The van der Waals surface area contributed by atoms with Crippen LogP contribution in [0.5, 0.6) is 0 Å². The van der Waals surface area contributed by atoms with Gasteiger partial charge in [-0.15, -0.1) is 0 Å². The van der Waals surface area contributed by atoms with Crippen LogP contribution in [0.3, 0.4) is 0 Å². The van der Waals surface area contributed by atoms with Gasteiger partial charge in [0.25, 0.3) is 0 Å². The van der Waals surface area contributed by atoms with Crippen LogP contribution >= 0.6 is 0 Å². The Morgan fingerprint density at radius 1 is 1.45 bits per heavy atom. The van der Waals surface area contributed by atoms with Crippen molar-refractivity contribution in [3.05, 3.63) is 16.4 Å². The van der Waals surface area contributed by atoms with Gasteiger partial charge in [0.05, 0.1) is 17.1 Å². The molecule has 0 amide bonds. The van der Waals surface area contributed by atoms with Gasteiger partial charge in [0.2, 0.25) is 11.6 Å². The Bertz CT molecular complexity index is 490. The van der Waals surface area contributed by atoms with Gasteiger partial charge in [0.1, 0.15) is 6.33 Å². The van der Waals surface area contributed by atoms with Crippen LogP contribution in [0.4, 0.5) is 17.3 Å². The number of ether oxygens (including phenoxy) is 1. The second-order valence-corrected chi connectivity index (χ2v) is 4.60. The van der Waals surface area contributed by atoms with Gasteiger partial charge in [-0.25, -0.2) is 9.97 Å². The van der Waals surface area contributed by atoms with Gasteiger partial charge in [-0.3, -0.25) is 10.1 Å². The van der Waals surface area contributed by atoms with E-state index in [1.165, 1.54) is 6.33 Å². The summed E-state index contributed by atoms with van der Waals surface area (Å²) >= 11 is 0. The van der Waals surface area contributed by atoms with Crippen LogP contribution in [0.1, 0.15) is 12.8 Å². The number of nitro groups is 1. The number of hydrogen-bond donors (Lipinski definition) is 3. The van der Waals surface area contributed by atoms with Gasteiger partial charge in [-0.2, -0.15) is 0 Å². The summed E-state index contributed by atoms with van der Waals surface area (Å²) in [7, 11) is 1.55. The lowest BCUT2D eigenvalue weighted by Gasteiger charge is -2.36. The Hall–Kier alpha value is -2.00.